The highest BCUT2D eigenvalue weighted by molar-refractivity contribution is 5.92. The summed E-state index contributed by atoms with van der Waals surface area (Å²) in [5.41, 5.74) is 2.24. The lowest BCUT2D eigenvalue weighted by molar-refractivity contribution is -0.133. The van der Waals surface area contributed by atoms with Gasteiger partial charge in [0.25, 0.3) is 0 Å². The smallest absolute Gasteiger partial charge is 0.244 e. The van der Waals surface area contributed by atoms with E-state index in [1.807, 2.05) is 0 Å². The van der Waals surface area contributed by atoms with Crippen LogP contribution in [0.5, 0.6) is 0 Å². The van der Waals surface area contributed by atoms with Gasteiger partial charge in [0.05, 0.1) is 0 Å². The van der Waals surface area contributed by atoms with Crippen molar-refractivity contribution in [2.45, 2.75) is 64.7 Å². The molecule has 3 atom stereocenters. The highest BCUT2D eigenvalue weighted by atomic mass is 16.2. The third-order valence-corrected chi connectivity index (χ3v) is 5.47. The zero-order valence-electron chi connectivity index (χ0n) is 13.5. The third kappa shape index (κ3) is 2.28. The zero-order chi connectivity index (χ0) is 15.2. The molecule has 3 nitrogen and oxygen atoms in total. The van der Waals surface area contributed by atoms with E-state index in [9.17, 15) is 4.79 Å². The fourth-order valence-electron chi connectivity index (χ4n) is 3.40. The van der Waals surface area contributed by atoms with Crippen LogP contribution in [0.2, 0.25) is 0 Å². The van der Waals surface area contributed by atoms with Gasteiger partial charge >= 0.3 is 0 Å². The van der Waals surface area contributed by atoms with Crippen LogP contribution in [-0.2, 0) is 4.79 Å². The average Bonchev–Trinajstić information content (AvgIpc) is 3.20. The molecule has 1 aromatic carbocycles. The topological polar surface area (TPSA) is 32.3 Å². The number of nitrogens with one attached hydrogen (secondary N) is 1. The van der Waals surface area contributed by atoms with Crippen LogP contribution in [0.3, 0.4) is 0 Å². The molecule has 3 rings (SSSR count). The predicted molar refractivity (Wildman–Crippen MR) is 84.8 cm³/mol. The summed E-state index contributed by atoms with van der Waals surface area (Å²) < 4.78 is 0. The van der Waals surface area contributed by atoms with E-state index in [0.717, 1.165) is 19.3 Å². The van der Waals surface area contributed by atoms with E-state index in [2.05, 4.69) is 62.2 Å². The van der Waals surface area contributed by atoms with Crippen LogP contribution < -0.4 is 5.32 Å². The van der Waals surface area contributed by atoms with Crippen LogP contribution >= 0.6 is 0 Å². The predicted octanol–water partition coefficient (Wildman–Crippen LogP) is 3.39. The van der Waals surface area contributed by atoms with Gasteiger partial charge in [0, 0.05) is 6.04 Å². The van der Waals surface area contributed by atoms with Gasteiger partial charge in [-0.25, -0.2) is 0 Å². The highest BCUT2D eigenvalue weighted by Gasteiger charge is 2.60. The van der Waals surface area contributed by atoms with Crippen molar-refractivity contribution in [3.05, 3.63) is 35.4 Å². The van der Waals surface area contributed by atoms with Gasteiger partial charge in [0.1, 0.15) is 11.7 Å². The van der Waals surface area contributed by atoms with Gasteiger partial charge in [0.2, 0.25) is 5.91 Å². The largest absolute Gasteiger partial charge is 0.318 e. The molecule has 0 bridgehead atoms. The number of hydrogen-bond acceptors (Lipinski definition) is 2. The fourth-order valence-corrected chi connectivity index (χ4v) is 3.40. The van der Waals surface area contributed by atoms with Crippen molar-refractivity contribution in [3.63, 3.8) is 0 Å². The van der Waals surface area contributed by atoms with Gasteiger partial charge in [-0.2, -0.15) is 0 Å². The number of benzene rings is 1. The van der Waals surface area contributed by atoms with E-state index in [0.29, 0.717) is 11.8 Å². The number of nitrogens with zero attached hydrogens (tertiary/aromatic N) is 1. The fraction of sp³-hybridized carbons (Fsp3) is 0.611. The molecule has 1 aliphatic heterocycles. The first-order valence-electron chi connectivity index (χ1n) is 8.16. The van der Waals surface area contributed by atoms with E-state index in [1.165, 1.54) is 11.1 Å². The van der Waals surface area contributed by atoms with Crippen LogP contribution in [-0.4, -0.2) is 22.4 Å². The maximum absolute atomic E-state index is 12.9. The van der Waals surface area contributed by atoms with Crippen LogP contribution in [0.1, 0.15) is 57.3 Å². The van der Waals surface area contributed by atoms with Crippen molar-refractivity contribution in [1.29, 1.82) is 0 Å². The molecule has 1 aliphatic carbocycles. The van der Waals surface area contributed by atoms with Crippen molar-refractivity contribution in [3.8, 4) is 0 Å². The highest BCUT2D eigenvalue weighted by Crippen LogP contribution is 2.47. The molecule has 1 heterocycles. The monoisotopic (exact) mass is 286 g/mol. The molecule has 3 unspecified atom stereocenters. The Morgan fingerprint density at radius 3 is 2.57 bits per heavy atom. The number of amides is 1. The van der Waals surface area contributed by atoms with Gasteiger partial charge in [-0.3, -0.25) is 10.1 Å². The number of carbonyl (C=O) groups is 1. The molecular formula is C18H26N2O. The number of aryl methyl sites for hydroxylation is 1. The van der Waals surface area contributed by atoms with Crippen molar-refractivity contribution in [1.82, 2.24) is 10.2 Å². The molecule has 2 fully saturated rings. The number of rotatable bonds is 4. The van der Waals surface area contributed by atoms with Crippen molar-refractivity contribution in [2.24, 2.45) is 5.92 Å². The Morgan fingerprint density at radius 2 is 2.00 bits per heavy atom. The first kappa shape index (κ1) is 14.6. The molecule has 21 heavy (non-hydrogen) atoms. The third-order valence-electron chi connectivity index (χ3n) is 5.47. The second-order valence-electron chi connectivity index (χ2n) is 6.82. The molecule has 0 radical (unpaired) electrons. The van der Waals surface area contributed by atoms with Gasteiger partial charge < -0.3 is 4.90 Å². The lowest BCUT2D eigenvalue weighted by Gasteiger charge is -2.34. The lowest BCUT2D eigenvalue weighted by Crippen LogP contribution is -2.42. The molecule has 1 amide bonds. The Morgan fingerprint density at radius 1 is 1.33 bits per heavy atom. The van der Waals surface area contributed by atoms with Crippen LogP contribution in [0.4, 0.5) is 0 Å². The second-order valence-corrected chi connectivity index (χ2v) is 6.82. The SMILES string of the molecule is CCC(C)C(C)N1C(=O)C2(CC2)NC1c1ccccc1C. The minimum atomic E-state index is -0.255. The molecule has 3 heteroatoms. The van der Waals surface area contributed by atoms with Crippen molar-refractivity contribution >= 4 is 5.91 Å². The quantitative estimate of drug-likeness (QED) is 0.920. The van der Waals surface area contributed by atoms with Gasteiger partial charge in [-0.15, -0.1) is 0 Å². The Bertz CT molecular complexity index is 550. The lowest BCUT2D eigenvalue weighted by atomic mass is 9.97. The molecule has 1 spiro atoms. The van der Waals surface area contributed by atoms with Crippen LogP contribution in [0.15, 0.2) is 24.3 Å². The molecule has 1 aromatic rings. The summed E-state index contributed by atoms with van der Waals surface area (Å²) in [4.78, 5) is 15.0. The maximum Gasteiger partial charge on any atom is 0.244 e. The molecule has 0 aromatic heterocycles. The minimum absolute atomic E-state index is 0.0326. The summed E-state index contributed by atoms with van der Waals surface area (Å²) in [5.74, 6) is 0.819. The average molecular weight is 286 g/mol. The summed E-state index contributed by atoms with van der Waals surface area (Å²) in [5, 5.41) is 3.63. The molecule has 2 aliphatic rings. The summed E-state index contributed by atoms with van der Waals surface area (Å²) in [6.07, 6.45) is 3.10. The standard InChI is InChI=1S/C18H26N2O/c1-5-12(2)14(4)20-16(15-9-7-6-8-13(15)3)19-18(10-11-18)17(20)21/h6-9,12,14,16,19H,5,10-11H2,1-4H3. The summed E-state index contributed by atoms with van der Waals surface area (Å²) in [7, 11) is 0. The van der Waals surface area contributed by atoms with E-state index in [1.54, 1.807) is 0 Å². The summed E-state index contributed by atoms with van der Waals surface area (Å²) in [6.45, 7) is 8.77. The zero-order valence-corrected chi connectivity index (χ0v) is 13.5. The molecule has 1 saturated heterocycles. The Kier molecular flexibility index (Phi) is 3.56. The normalized spacial score (nSPS) is 26.2. The second kappa shape index (κ2) is 5.13. The molecule has 1 saturated carbocycles. The first-order valence-corrected chi connectivity index (χ1v) is 8.16. The summed E-state index contributed by atoms with van der Waals surface area (Å²) >= 11 is 0. The van der Waals surface area contributed by atoms with E-state index >= 15 is 0 Å². The van der Waals surface area contributed by atoms with Crippen LogP contribution in [0.25, 0.3) is 0 Å². The summed E-state index contributed by atoms with van der Waals surface area (Å²) in [6, 6.07) is 8.67. The van der Waals surface area contributed by atoms with Gasteiger partial charge in [-0.1, -0.05) is 44.5 Å². The molecule has 1 N–H and O–H groups in total. The maximum atomic E-state index is 12.9. The number of hydrogen-bond donors (Lipinski definition) is 1. The van der Waals surface area contributed by atoms with Crippen molar-refractivity contribution in [2.75, 3.05) is 0 Å². The first-order chi connectivity index (χ1) is 10.00. The Balaban J connectivity index is 1.97. The Hall–Kier alpha value is -1.35. The Labute approximate surface area is 127 Å². The van der Waals surface area contributed by atoms with Gasteiger partial charge in [-0.05, 0) is 43.7 Å². The molecule has 114 valence electrons. The molecular weight excluding hydrogens is 260 g/mol. The minimum Gasteiger partial charge on any atom is -0.318 e. The van der Waals surface area contributed by atoms with Crippen LogP contribution in [0, 0.1) is 12.8 Å². The van der Waals surface area contributed by atoms with E-state index in [-0.39, 0.29) is 17.7 Å². The van der Waals surface area contributed by atoms with E-state index in [4.69, 9.17) is 0 Å². The van der Waals surface area contributed by atoms with Gasteiger partial charge in [0.15, 0.2) is 0 Å². The van der Waals surface area contributed by atoms with Crippen molar-refractivity contribution < 1.29 is 4.79 Å². The van der Waals surface area contributed by atoms with E-state index < -0.39 is 0 Å². The number of carbonyl (C=O) groups excluding carboxylic acids is 1.